The minimum absolute atomic E-state index is 0.0193. The van der Waals surface area contributed by atoms with Crippen molar-refractivity contribution in [3.05, 3.63) is 99.7 Å². The summed E-state index contributed by atoms with van der Waals surface area (Å²) in [5.41, 5.74) is 1.82. The molecule has 1 aliphatic heterocycles. The normalized spacial score (nSPS) is 14.0. The number of ketones is 1. The molecule has 0 fully saturated rings. The summed E-state index contributed by atoms with van der Waals surface area (Å²) in [6.07, 6.45) is 1.47. The molecule has 5 nitrogen and oxygen atoms in total. The lowest BCUT2D eigenvalue weighted by atomic mass is 10.1. The first kappa shape index (κ1) is 20.0. The largest absolute Gasteiger partial charge is 0.452 e. The van der Waals surface area contributed by atoms with Crippen molar-refractivity contribution in [3.8, 4) is 11.5 Å². The number of carbonyl (C=O) groups is 2. The lowest BCUT2D eigenvalue weighted by Crippen LogP contribution is -2.08. The van der Waals surface area contributed by atoms with Crippen LogP contribution in [0, 0.1) is 12.7 Å². The number of hydrogen-bond acceptors (Lipinski definition) is 5. The molecule has 0 saturated heterocycles. The molecule has 2 heterocycles. The van der Waals surface area contributed by atoms with Crippen molar-refractivity contribution < 1.29 is 27.9 Å². The van der Waals surface area contributed by atoms with E-state index in [1.807, 2.05) is 0 Å². The van der Waals surface area contributed by atoms with Gasteiger partial charge >= 0.3 is 5.97 Å². The number of rotatable bonds is 3. The number of fused-ring (bicyclic) bond motifs is 2. The Kier molecular flexibility index (Phi) is 4.79. The van der Waals surface area contributed by atoms with E-state index in [2.05, 4.69) is 0 Å². The summed E-state index contributed by atoms with van der Waals surface area (Å²) in [6, 6.07) is 15.4. The summed E-state index contributed by atoms with van der Waals surface area (Å²) < 4.78 is 30.2. The van der Waals surface area contributed by atoms with E-state index in [0.717, 1.165) is 0 Å². The van der Waals surface area contributed by atoms with Gasteiger partial charge in [0.2, 0.25) is 11.5 Å². The fraction of sp³-hybridized carbons (Fsp3) is 0.0400. The highest BCUT2D eigenvalue weighted by atomic mass is 35.5. The third kappa shape index (κ3) is 3.55. The molecule has 0 unspecified atom stereocenters. The zero-order valence-electron chi connectivity index (χ0n) is 16.6. The molecule has 0 saturated carbocycles. The molecule has 1 aromatic heterocycles. The monoisotopic (exact) mass is 448 g/mol. The molecular weight excluding hydrogens is 435 g/mol. The van der Waals surface area contributed by atoms with Gasteiger partial charge in [-0.2, -0.15) is 0 Å². The van der Waals surface area contributed by atoms with Gasteiger partial charge in [-0.1, -0.05) is 23.7 Å². The molecule has 0 amide bonds. The van der Waals surface area contributed by atoms with Crippen LogP contribution in [0.3, 0.4) is 0 Å². The van der Waals surface area contributed by atoms with Crippen LogP contribution in [0.2, 0.25) is 5.02 Å². The second kappa shape index (κ2) is 7.66. The number of halogens is 2. The van der Waals surface area contributed by atoms with E-state index in [9.17, 15) is 14.0 Å². The van der Waals surface area contributed by atoms with Crippen molar-refractivity contribution in [1.82, 2.24) is 0 Å². The summed E-state index contributed by atoms with van der Waals surface area (Å²) in [5.74, 6) is -0.844. The molecule has 0 atom stereocenters. The Hall–Kier alpha value is -3.90. The summed E-state index contributed by atoms with van der Waals surface area (Å²) in [4.78, 5) is 25.3. The predicted molar refractivity (Wildman–Crippen MR) is 117 cm³/mol. The average molecular weight is 449 g/mol. The van der Waals surface area contributed by atoms with Gasteiger partial charge in [0.1, 0.15) is 22.9 Å². The first-order valence-electron chi connectivity index (χ1n) is 9.64. The van der Waals surface area contributed by atoms with E-state index in [1.54, 1.807) is 43.3 Å². The Bertz CT molecular complexity index is 1450. The van der Waals surface area contributed by atoms with Gasteiger partial charge in [-0.05, 0) is 67.1 Å². The Morgan fingerprint density at radius 3 is 2.75 bits per heavy atom. The van der Waals surface area contributed by atoms with Crippen molar-refractivity contribution >= 4 is 40.4 Å². The van der Waals surface area contributed by atoms with Crippen LogP contribution in [0.4, 0.5) is 4.39 Å². The van der Waals surface area contributed by atoms with Gasteiger partial charge in [0.25, 0.3) is 0 Å². The minimum atomic E-state index is -0.694. The maximum absolute atomic E-state index is 13.4. The number of ether oxygens (including phenoxy) is 2. The average Bonchev–Trinajstić information content (AvgIpc) is 3.32. The van der Waals surface area contributed by atoms with E-state index < -0.39 is 11.8 Å². The highest BCUT2D eigenvalue weighted by molar-refractivity contribution is 6.31. The van der Waals surface area contributed by atoms with Crippen LogP contribution in [-0.2, 0) is 0 Å². The van der Waals surface area contributed by atoms with Crippen LogP contribution >= 0.6 is 11.6 Å². The Labute approximate surface area is 186 Å². The quantitative estimate of drug-likeness (QED) is 0.207. The second-order valence-electron chi connectivity index (χ2n) is 7.24. The van der Waals surface area contributed by atoms with Gasteiger partial charge < -0.3 is 13.9 Å². The zero-order chi connectivity index (χ0) is 22.4. The van der Waals surface area contributed by atoms with Gasteiger partial charge in [0.15, 0.2) is 5.76 Å². The number of allylic oxidation sites excluding steroid dienone is 1. The van der Waals surface area contributed by atoms with Gasteiger partial charge in [-0.3, -0.25) is 4.79 Å². The molecule has 32 heavy (non-hydrogen) atoms. The van der Waals surface area contributed by atoms with Crippen molar-refractivity contribution in [3.63, 3.8) is 0 Å². The van der Waals surface area contributed by atoms with Crippen LogP contribution in [0.15, 0.2) is 70.8 Å². The zero-order valence-corrected chi connectivity index (χ0v) is 17.4. The highest BCUT2D eigenvalue weighted by Crippen LogP contribution is 2.39. The van der Waals surface area contributed by atoms with Gasteiger partial charge in [0.05, 0.1) is 5.56 Å². The maximum atomic E-state index is 13.4. The molecule has 3 aromatic carbocycles. The number of benzene rings is 3. The van der Waals surface area contributed by atoms with Gasteiger partial charge in [-0.15, -0.1) is 0 Å². The Balaban J connectivity index is 1.42. The number of esters is 1. The molecule has 158 valence electrons. The fourth-order valence-corrected chi connectivity index (χ4v) is 3.67. The number of carbonyl (C=O) groups excluding carboxylic acids is 2. The number of hydrogen-bond donors (Lipinski definition) is 0. The van der Waals surface area contributed by atoms with Crippen molar-refractivity contribution in [1.29, 1.82) is 0 Å². The van der Waals surface area contributed by atoms with E-state index in [0.29, 0.717) is 38.4 Å². The first-order valence-corrected chi connectivity index (χ1v) is 10.0. The van der Waals surface area contributed by atoms with Crippen molar-refractivity contribution in [2.24, 2.45) is 0 Å². The molecule has 1 aliphatic rings. The van der Waals surface area contributed by atoms with Gasteiger partial charge in [-0.25, -0.2) is 9.18 Å². The third-order valence-corrected chi connectivity index (χ3v) is 5.30. The van der Waals surface area contributed by atoms with Crippen LogP contribution < -0.4 is 9.47 Å². The van der Waals surface area contributed by atoms with Crippen LogP contribution in [0.25, 0.3) is 17.0 Å². The summed E-state index contributed by atoms with van der Waals surface area (Å²) in [7, 11) is 0. The highest BCUT2D eigenvalue weighted by Gasteiger charge is 2.31. The van der Waals surface area contributed by atoms with Gasteiger partial charge in [0, 0.05) is 16.0 Å². The SMILES string of the molecule is Cc1c(OC(=O)c2cc3cc(Cl)ccc3o2)ccc2c1O/C(=C\c1cccc(F)c1)C2=O. The lowest BCUT2D eigenvalue weighted by molar-refractivity contribution is 0.0702. The van der Waals surface area contributed by atoms with Crippen molar-refractivity contribution in [2.45, 2.75) is 6.92 Å². The lowest BCUT2D eigenvalue weighted by Gasteiger charge is -2.09. The first-order chi connectivity index (χ1) is 15.4. The molecular formula is C25H14ClFO5. The standard InChI is InChI=1S/C25H14ClFO5/c1-13-19(32-25(29)22-12-15-11-16(26)5-7-20(15)30-22)8-6-18-23(28)21(31-24(13)18)10-14-3-2-4-17(27)9-14/h2-12H,1H3/b21-10-. The predicted octanol–water partition coefficient (Wildman–Crippen LogP) is 6.37. The summed E-state index contributed by atoms with van der Waals surface area (Å²) in [5, 5.41) is 1.20. The number of furan rings is 1. The minimum Gasteiger partial charge on any atom is -0.452 e. The topological polar surface area (TPSA) is 65.7 Å². The summed E-state index contributed by atoms with van der Waals surface area (Å²) >= 11 is 5.97. The molecule has 0 N–H and O–H groups in total. The molecule has 4 aromatic rings. The summed E-state index contributed by atoms with van der Waals surface area (Å²) in [6.45, 7) is 1.68. The van der Waals surface area contributed by atoms with E-state index in [1.165, 1.54) is 30.3 Å². The molecule has 7 heteroatoms. The molecule has 0 bridgehead atoms. The Morgan fingerprint density at radius 2 is 1.94 bits per heavy atom. The maximum Gasteiger partial charge on any atom is 0.379 e. The van der Waals surface area contributed by atoms with Crippen molar-refractivity contribution in [2.75, 3.05) is 0 Å². The third-order valence-electron chi connectivity index (χ3n) is 5.07. The fourth-order valence-electron chi connectivity index (χ4n) is 3.49. The Morgan fingerprint density at radius 1 is 1.09 bits per heavy atom. The molecule has 0 aliphatic carbocycles. The van der Waals surface area contributed by atoms with E-state index >= 15 is 0 Å². The molecule has 0 spiro atoms. The van der Waals surface area contributed by atoms with E-state index in [4.69, 9.17) is 25.5 Å². The van der Waals surface area contributed by atoms with Crippen LogP contribution in [0.5, 0.6) is 11.5 Å². The smallest absolute Gasteiger partial charge is 0.379 e. The van der Waals surface area contributed by atoms with Crippen LogP contribution in [-0.4, -0.2) is 11.8 Å². The molecule has 5 rings (SSSR count). The second-order valence-corrected chi connectivity index (χ2v) is 7.68. The molecule has 0 radical (unpaired) electrons. The van der Waals surface area contributed by atoms with Crippen LogP contribution in [0.1, 0.15) is 32.0 Å². The van der Waals surface area contributed by atoms with E-state index in [-0.39, 0.29) is 23.1 Å². The number of Topliss-reactive ketones (excluding diaryl/α,β-unsaturated/α-hetero) is 1.